The van der Waals surface area contributed by atoms with Crippen LogP contribution in [0.1, 0.15) is 36.2 Å². The molecule has 0 fully saturated rings. The SMILES string of the molecule is CC[C@@H](C)Oc1c(Cl)cc(C=Nc2cccc(C(=O)O)c2)cc1OC. The number of halogens is 1. The van der Waals surface area contributed by atoms with Crippen LogP contribution in [0, 0.1) is 0 Å². The minimum absolute atomic E-state index is 0.0182. The zero-order chi connectivity index (χ0) is 18.4. The minimum Gasteiger partial charge on any atom is -0.493 e. The van der Waals surface area contributed by atoms with E-state index in [0.29, 0.717) is 22.2 Å². The fourth-order valence-electron chi connectivity index (χ4n) is 2.08. The molecule has 2 aromatic rings. The molecule has 0 amide bonds. The molecular formula is C19H20ClNO4. The molecule has 0 aromatic heterocycles. The Morgan fingerprint density at radius 3 is 2.76 bits per heavy atom. The molecule has 132 valence electrons. The summed E-state index contributed by atoms with van der Waals surface area (Å²) in [5.74, 6) is 0.0328. The van der Waals surface area contributed by atoms with Gasteiger partial charge in [-0.05, 0) is 49.2 Å². The maximum absolute atomic E-state index is 11.0. The van der Waals surface area contributed by atoms with Crippen LogP contribution in [0.15, 0.2) is 41.4 Å². The molecule has 0 bridgehead atoms. The van der Waals surface area contributed by atoms with Crippen molar-refractivity contribution in [2.75, 3.05) is 7.11 Å². The first kappa shape index (κ1) is 18.8. The molecule has 0 saturated carbocycles. The number of aliphatic imine (C=N–C) groups is 1. The average Bonchev–Trinajstić information content (AvgIpc) is 2.61. The second kappa shape index (κ2) is 8.53. The molecule has 25 heavy (non-hydrogen) atoms. The van der Waals surface area contributed by atoms with E-state index in [0.717, 1.165) is 12.0 Å². The second-order valence-corrected chi connectivity index (χ2v) is 5.89. The molecule has 0 aliphatic carbocycles. The van der Waals surface area contributed by atoms with Gasteiger partial charge in [-0.15, -0.1) is 0 Å². The Hall–Kier alpha value is -2.53. The van der Waals surface area contributed by atoms with Crippen LogP contribution in [0.25, 0.3) is 0 Å². The van der Waals surface area contributed by atoms with Crippen molar-refractivity contribution in [3.8, 4) is 11.5 Å². The molecule has 0 aliphatic rings. The maximum atomic E-state index is 11.0. The third-order valence-corrected chi connectivity index (χ3v) is 3.88. The summed E-state index contributed by atoms with van der Waals surface area (Å²) in [5.41, 5.74) is 1.44. The first-order chi connectivity index (χ1) is 11.9. The molecule has 2 rings (SSSR count). The highest BCUT2D eigenvalue weighted by Crippen LogP contribution is 2.37. The van der Waals surface area contributed by atoms with Gasteiger partial charge in [0, 0.05) is 6.21 Å². The van der Waals surface area contributed by atoms with E-state index in [2.05, 4.69) is 4.99 Å². The average molecular weight is 362 g/mol. The quantitative estimate of drug-likeness (QED) is 0.706. The van der Waals surface area contributed by atoms with Gasteiger partial charge in [-0.3, -0.25) is 4.99 Å². The van der Waals surface area contributed by atoms with E-state index >= 15 is 0 Å². The normalized spacial score (nSPS) is 12.2. The Balaban J connectivity index is 2.29. The first-order valence-corrected chi connectivity index (χ1v) is 8.24. The van der Waals surface area contributed by atoms with Gasteiger partial charge in [0.25, 0.3) is 0 Å². The molecule has 0 unspecified atom stereocenters. The van der Waals surface area contributed by atoms with Crippen LogP contribution in [0.3, 0.4) is 0 Å². The van der Waals surface area contributed by atoms with Crippen LogP contribution >= 0.6 is 11.6 Å². The van der Waals surface area contributed by atoms with E-state index in [1.54, 1.807) is 37.6 Å². The fraction of sp³-hybridized carbons (Fsp3) is 0.263. The molecule has 1 N–H and O–H groups in total. The molecule has 6 heteroatoms. The Kier molecular flexibility index (Phi) is 6.42. The number of hydrogen-bond acceptors (Lipinski definition) is 4. The summed E-state index contributed by atoms with van der Waals surface area (Å²) in [6.45, 7) is 3.98. The van der Waals surface area contributed by atoms with Crippen molar-refractivity contribution in [2.45, 2.75) is 26.4 Å². The number of rotatable bonds is 7. The van der Waals surface area contributed by atoms with Gasteiger partial charge < -0.3 is 14.6 Å². The molecule has 0 spiro atoms. The van der Waals surface area contributed by atoms with Crippen molar-refractivity contribution in [3.05, 3.63) is 52.5 Å². The third-order valence-electron chi connectivity index (χ3n) is 3.60. The summed E-state index contributed by atoms with van der Waals surface area (Å²) in [4.78, 5) is 15.3. The van der Waals surface area contributed by atoms with Crippen molar-refractivity contribution in [1.29, 1.82) is 0 Å². The van der Waals surface area contributed by atoms with Crippen LogP contribution < -0.4 is 9.47 Å². The highest BCUT2D eigenvalue weighted by Gasteiger charge is 2.14. The lowest BCUT2D eigenvalue weighted by molar-refractivity contribution is 0.0697. The van der Waals surface area contributed by atoms with E-state index in [9.17, 15) is 4.79 Å². The van der Waals surface area contributed by atoms with E-state index in [-0.39, 0.29) is 11.7 Å². The molecule has 0 aliphatic heterocycles. The number of hydrogen-bond donors (Lipinski definition) is 1. The number of benzene rings is 2. The van der Waals surface area contributed by atoms with E-state index in [1.807, 2.05) is 13.8 Å². The number of ether oxygens (including phenoxy) is 2. The Morgan fingerprint density at radius 2 is 2.12 bits per heavy atom. The lowest BCUT2D eigenvalue weighted by atomic mass is 10.2. The summed E-state index contributed by atoms with van der Waals surface area (Å²) >= 11 is 6.32. The lowest BCUT2D eigenvalue weighted by Crippen LogP contribution is -2.11. The van der Waals surface area contributed by atoms with E-state index in [4.69, 9.17) is 26.2 Å². The summed E-state index contributed by atoms with van der Waals surface area (Å²) in [7, 11) is 1.55. The third kappa shape index (κ3) is 4.97. The van der Waals surface area contributed by atoms with Crippen molar-refractivity contribution >= 4 is 29.5 Å². The van der Waals surface area contributed by atoms with Crippen molar-refractivity contribution in [3.63, 3.8) is 0 Å². The van der Waals surface area contributed by atoms with Gasteiger partial charge in [-0.1, -0.05) is 24.6 Å². The molecule has 1 atom stereocenters. The number of methoxy groups -OCH3 is 1. The molecule has 2 aromatic carbocycles. The van der Waals surface area contributed by atoms with Gasteiger partial charge in [-0.2, -0.15) is 0 Å². The smallest absolute Gasteiger partial charge is 0.335 e. The number of carboxylic acid groups (broad SMARTS) is 1. The summed E-state index contributed by atoms with van der Waals surface area (Å²) in [6, 6.07) is 9.88. The number of nitrogens with zero attached hydrogens (tertiary/aromatic N) is 1. The predicted octanol–water partition coefficient (Wildman–Crippen LogP) is 4.97. The van der Waals surface area contributed by atoms with Crippen molar-refractivity contribution < 1.29 is 19.4 Å². The Bertz CT molecular complexity index is 789. The zero-order valence-corrected chi connectivity index (χ0v) is 15.1. The fourth-order valence-corrected chi connectivity index (χ4v) is 2.35. The molecule has 0 radical (unpaired) electrons. The first-order valence-electron chi connectivity index (χ1n) is 7.86. The van der Waals surface area contributed by atoms with Gasteiger partial charge in [-0.25, -0.2) is 4.79 Å². The van der Waals surface area contributed by atoms with E-state index < -0.39 is 5.97 Å². The maximum Gasteiger partial charge on any atom is 0.335 e. The summed E-state index contributed by atoms with van der Waals surface area (Å²) in [6.07, 6.45) is 2.47. The molecular weight excluding hydrogens is 342 g/mol. The minimum atomic E-state index is -0.992. The van der Waals surface area contributed by atoms with Crippen molar-refractivity contribution in [2.24, 2.45) is 4.99 Å². The topological polar surface area (TPSA) is 68.1 Å². The monoisotopic (exact) mass is 361 g/mol. The van der Waals surface area contributed by atoms with Gasteiger partial charge in [0.2, 0.25) is 0 Å². The van der Waals surface area contributed by atoms with Gasteiger partial charge in [0.05, 0.1) is 29.5 Å². The van der Waals surface area contributed by atoms with Gasteiger partial charge >= 0.3 is 5.97 Å². The Labute approximate surface area is 151 Å². The number of carbonyl (C=O) groups is 1. The van der Waals surface area contributed by atoms with Crippen LogP contribution in [-0.2, 0) is 0 Å². The highest BCUT2D eigenvalue weighted by molar-refractivity contribution is 6.32. The summed E-state index contributed by atoms with van der Waals surface area (Å²) < 4.78 is 11.2. The number of aromatic carboxylic acids is 1. The standard InChI is InChI=1S/C19H20ClNO4/c1-4-12(2)25-18-16(20)8-13(9-17(18)24-3)11-21-15-7-5-6-14(10-15)19(22)23/h5-12H,4H2,1-3H3,(H,22,23)/t12-/m1/s1. The summed E-state index contributed by atoms with van der Waals surface area (Å²) in [5, 5.41) is 9.45. The van der Waals surface area contributed by atoms with Gasteiger partial charge in [0.1, 0.15) is 0 Å². The molecule has 5 nitrogen and oxygen atoms in total. The lowest BCUT2D eigenvalue weighted by Gasteiger charge is -2.17. The van der Waals surface area contributed by atoms with Gasteiger partial charge in [0.15, 0.2) is 11.5 Å². The van der Waals surface area contributed by atoms with Crippen LogP contribution in [0.5, 0.6) is 11.5 Å². The predicted molar refractivity (Wildman–Crippen MR) is 99.0 cm³/mol. The van der Waals surface area contributed by atoms with Crippen LogP contribution in [-0.4, -0.2) is 30.5 Å². The zero-order valence-electron chi connectivity index (χ0n) is 14.3. The second-order valence-electron chi connectivity index (χ2n) is 5.48. The van der Waals surface area contributed by atoms with E-state index in [1.165, 1.54) is 12.1 Å². The van der Waals surface area contributed by atoms with Crippen LogP contribution in [0.4, 0.5) is 5.69 Å². The van der Waals surface area contributed by atoms with Crippen molar-refractivity contribution in [1.82, 2.24) is 0 Å². The largest absolute Gasteiger partial charge is 0.493 e. The molecule has 0 heterocycles. The Morgan fingerprint density at radius 1 is 1.36 bits per heavy atom. The number of carboxylic acids is 1. The van der Waals surface area contributed by atoms with Crippen LogP contribution in [0.2, 0.25) is 5.02 Å². The molecule has 0 saturated heterocycles. The highest BCUT2D eigenvalue weighted by atomic mass is 35.5.